The van der Waals surface area contributed by atoms with Crippen molar-refractivity contribution in [3.63, 3.8) is 0 Å². The smallest absolute Gasteiger partial charge is 0.397 e. The van der Waals surface area contributed by atoms with E-state index in [1.165, 1.54) is 0 Å². The van der Waals surface area contributed by atoms with Gasteiger partial charge in [0.2, 0.25) is 0 Å². The van der Waals surface area contributed by atoms with Crippen molar-refractivity contribution in [2.45, 2.75) is 45.1 Å². The molecule has 5 heteroatoms. The van der Waals surface area contributed by atoms with Crippen LogP contribution in [0.15, 0.2) is 0 Å². The molecule has 0 aliphatic heterocycles. The van der Waals surface area contributed by atoms with Crippen molar-refractivity contribution in [3.05, 3.63) is 0 Å². The predicted octanol–water partition coefficient (Wildman–Crippen LogP) is 1.32. The normalized spacial score (nSPS) is 11.6. The molecule has 0 rings (SSSR count). The molecular formula is C9H15F2O3-. The molecule has 0 saturated heterocycles. The van der Waals surface area contributed by atoms with Crippen molar-refractivity contribution < 1.29 is 23.4 Å². The van der Waals surface area contributed by atoms with E-state index in [1.807, 2.05) is 6.92 Å². The molecule has 0 radical (unpaired) electrons. The zero-order chi connectivity index (χ0) is 11.0. The van der Waals surface area contributed by atoms with Crippen LogP contribution in [-0.2, 0) is 9.53 Å². The third-order valence-electron chi connectivity index (χ3n) is 1.77. The summed E-state index contributed by atoms with van der Waals surface area (Å²) in [5, 5.41) is 9.80. The highest BCUT2D eigenvalue weighted by Gasteiger charge is 2.31. The maximum absolute atomic E-state index is 12.2. The van der Waals surface area contributed by atoms with Gasteiger partial charge in [-0.3, -0.25) is 0 Å². The minimum atomic E-state index is -4.15. The van der Waals surface area contributed by atoms with Gasteiger partial charge in [0.15, 0.2) is 0 Å². The number of aliphatic carboxylic acids is 1. The highest BCUT2D eigenvalue weighted by Crippen LogP contribution is 2.14. The SMILES string of the molecule is CCCCCCCOC(F)(F)C(=O)[O-]. The van der Waals surface area contributed by atoms with E-state index >= 15 is 0 Å². The molecule has 0 aromatic rings. The van der Waals surface area contributed by atoms with Crippen LogP contribution in [-0.4, -0.2) is 18.7 Å². The molecule has 0 aromatic heterocycles. The first-order valence-electron chi connectivity index (χ1n) is 4.74. The molecule has 0 amide bonds. The second kappa shape index (κ2) is 6.70. The Bertz CT molecular complexity index is 171. The zero-order valence-corrected chi connectivity index (χ0v) is 8.22. The molecule has 0 heterocycles. The summed E-state index contributed by atoms with van der Waals surface area (Å²) in [5.74, 6) is -2.48. The van der Waals surface area contributed by atoms with E-state index in [0.29, 0.717) is 6.42 Å². The van der Waals surface area contributed by atoms with E-state index in [1.54, 1.807) is 0 Å². The average Bonchev–Trinajstić information content (AvgIpc) is 2.10. The molecule has 0 bridgehead atoms. The molecule has 0 aliphatic rings. The Morgan fingerprint density at radius 2 is 1.86 bits per heavy atom. The number of carbonyl (C=O) groups is 1. The summed E-state index contributed by atoms with van der Waals surface area (Å²) in [6, 6.07) is 0. The van der Waals surface area contributed by atoms with Crippen molar-refractivity contribution in [2.75, 3.05) is 6.61 Å². The quantitative estimate of drug-likeness (QED) is 0.566. The second-order valence-corrected chi connectivity index (χ2v) is 3.07. The Morgan fingerprint density at radius 1 is 1.29 bits per heavy atom. The Morgan fingerprint density at radius 3 is 2.36 bits per heavy atom. The van der Waals surface area contributed by atoms with Crippen LogP contribution >= 0.6 is 0 Å². The van der Waals surface area contributed by atoms with Crippen molar-refractivity contribution in [1.82, 2.24) is 0 Å². The van der Waals surface area contributed by atoms with Crippen molar-refractivity contribution in [3.8, 4) is 0 Å². The summed E-state index contributed by atoms with van der Waals surface area (Å²) >= 11 is 0. The van der Waals surface area contributed by atoms with E-state index in [0.717, 1.165) is 25.7 Å². The molecule has 0 aromatic carbocycles. The number of hydrogen-bond donors (Lipinski definition) is 0. The van der Waals surface area contributed by atoms with Crippen LogP contribution in [0.5, 0.6) is 0 Å². The number of ether oxygens (including phenoxy) is 1. The minimum absolute atomic E-state index is 0.245. The van der Waals surface area contributed by atoms with Gasteiger partial charge in [-0.1, -0.05) is 32.6 Å². The summed E-state index contributed by atoms with van der Waals surface area (Å²) in [4.78, 5) is 9.80. The van der Waals surface area contributed by atoms with Gasteiger partial charge >= 0.3 is 6.11 Å². The highest BCUT2D eigenvalue weighted by atomic mass is 19.3. The molecule has 14 heavy (non-hydrogen) atoms. The van der Waals surface area contributed by atoms with Crippen LogP contribution in [0.2, 0.25) is 0 Å². The topological polar surface area (TPSA) is 49.4 Å². The fourth-order valence-electron chi connectivity index (χ4n) is 0.965. The molecule has 0 fully saturated rings. The molecule has 0 atom stereocenters. The fraction of sp³-hybridized carbons (Fsp3) is 0.889. The number of halogens is 2. The Hall–Kier alpha value is -0.710. The average molecular weight is 209 g/mol. The molecular weight excluding hydrogens is 194 g/mol. The number of rotatable bonds is 8. The van der Waals surface area contributed by atoms with Crippen LogP contribution in [0, 0.1) is 0 Å². The number of carboxylic acid groups (broad SMARTS) is 1. The largest absolute Gasteiger partial charge is 0.542 e. The van der Waals surface area contributed by atoms with E-state index in [-0.39, 0.29) is 6.61 Å². The molecule has 0 aliphatic carbocycles. The van der Waals surface area contributed by atoms with Gasteiger partial charge in [0, 0.05) is 0 Å². The Balaban J connectivity index is 3.40. The number of carbonyl (C=O) groups excluding carboxylic acids is 1. The first-order chi connectivity index (χ1) is 6.50. The summed E-state index contributed by atoms with van der Waals surface area (Å²) in [6.07, 6.45) is 0.147. The van der Waals surface area contributed by atoms with Gasteiger partial charge in [-0.15, -0.1) is 0 Å². The summed E-state index contributed by atoms with van der Waals surface area (Å²) in [5.41, 5.74) is 0. The summed E-state index contributed by atoms with van der Waals surface area (Å²) in [7, 11) is 0. The molecule has 3 nitrogen and oxygen atoms in total. The lowest BCUT2D eigenvalue weighted by molar-refractivity contribution is -0.363. The van der Waals surface area contributed by atoms with E-state index < -0.39 is 12.1 Å². The summed E-state index contributed by atoms with van der Waals surface area (Å²) in [6.45, 7) is 1.80. The Kier molecular flexibility index (Phi) is 6.36. The first kappa shape index (κ1) is 13.3. The lowest BCUT2D eigenvalue weighted by Crippen LogP contribution is -2.43. The van der Waals surface area contributed by atoms with Crippen LogP contribution in [0.4, 0.5) is 8.78 Å². The number of carboxylic acids is 1. The number of alkyl halides is 2. The lowest BCUT2D eigenvalue weighted by Gasteiger charge is -2.16. The van der Waals surface area contributed by atoms with Gasteiger partial charge in [0.1, 0.15) is 5.97 Å². The van der Waals surface area contributed by atoms with Gasteiger partial charge in [-0.05, 0) is 6.42 Å². The van der Waals surface area contributed by atoms with Gasteiger partial charge in [-0.2, -0.15) is 8.78 Å². The van der Waals surface area contributed by atoms with E-state index in [9.17, 15) is 18.7 Å². The van der Waals surface area contributed by atoms with Gasteiger partial charge in [0.25, 0.3) is 0 Å². The maximum Gasteiger partial charge on any atom is 0.397 e. The highest BCUT2D eigenvalue weighted by molar-refractivity contribution is 5.71. The van der Waals surface area contributed by atoms with Crippen LogP contribution in [0.1, 0.15) is 39.0 Å². The van der Waals surface area contributed by atoms with E-state index in [2.05, 4.69) is 4.74 Å². The Labute approximate surface area is 82.1 Å². The van der Waals surface area contributed by atoms with Gasteiger partial charge in [0.05, 0.1) is 6.61 Å². The third kappa shape index (κ3) is 5.85. The van der Waals surface area contributed by atoms with Crippen LogP contribution < -0.4 is 5.11 Å². The third-order valence-corrected chi connectivity index (χ3v) is 1.77. The lowest BCUT2D eigenvalue weighted by atomic mass is 10.2. The monoisotopic (exact) mass is 209 g/mol. The number of unbranched alkanes of at least 4 members (excludes halogenated alkanes) is 4. The van der Waals surface area contributed by atoms with Gasteiger partial charge in [-0.25, -0.2) is 0 Å². The number of hydrogen-bond acceptors (Lipinski definition) is 3. The molecule has 0 saturated carbocycles. The minimum Gasteiger partial charge on any atom is -0.542 e. The van der Waals surface area contributed by atoms with Crippen molar-refractivity contribution in [2.24, 2.45) is 0 Å². The zero-order valence-electron chi connectivity index (χ0n) is 8.22. The predicted molar refractivity (Wildman–Crippen MR) is 44.7 cm³/mol. The molecule has 84 valence electrons. The fourth-order valence-corrected chi connectivity index (χ4v) is 0.965. The van der Waals surface area contributed by atoms with Crippen LogP contribution in [0.25, 0.3) is 0 Å². The molecule has 0 N–H and O–H groups in total. The maximum atomic E-state index is 12.2. The van der Waals surface area contributed by atoms with Crippen molar-refractivity contribution in [1.29, 1.82) is 0 Å². The molecule has 0 spiro atoms. The summed E-state index contributed by atoms with van der Waals surface area (Å²) < 4.78 is 28.4. The molecule has 0 unspecified atom stereocenters. The standard InChI is InChI=1S/C9H16F2O3/c1-2-3-4-5-6-7-14-9(10,11)8(12)13/h2-7H2,1H3,(H,12,13)/p-1. The van der Waals surface area contributed by atoms with Gasteiger partial charge < -0.3 is 14.6 Å². The second-order valence-electron chi connectivity index (χ2n) is 3.07. The van der Waals surface area contributed by atoms with E-state index in [4.69, 9.17) is 0 Å². The van der Waals surface area contributed by atoms with Crippen LogP contribution in [0.3, 0.4) is 0 Å². The van der Waals surface area contributed by atoms with Crippen molar-refractivity contribution >= 4 is 5.97 Å². The first-order valence-corrected chi connectivity index (χ1v) is 4.74.